The highest BCUT2D eigenvalue weighted by Crippen LogP contribution is 2.32. The molecule has 0 radical (unpaired) electrons. The molecule has 0 fully saturated rings. The van der Waals surface area contributed by atoms with Crippen LogP contribution in [-0.4, -0.2) is 9.78 Å². The fourth-order valence-corrected chi connectivity index (χ4v) is 3.15. The van der Waals surface area contributed by atoms with Crippen molar-refractivity contribution < 1.29 is 0 Å². The second kappa shape index (κ2) is 4.80. The van der Waals surface area contributed by atoms with E-state index in [-0.39, 0.29) is 0 Å². The Labute approximate surface area is 115 Å². The fourth-order valence-electron chi connectivity index (χ4n) is 2.71. The van der Waals surface area contributed by atoms with E-state index in [1.165, 1.54) is 30.4 Å². The molecule has 3 rings (SSSR count). The molecule has 88 valence electrons. The molecule has 1 atom stereocenters. The van der Waals surface area contributed by atoms with Crippen LogP contribution in [0.25, 0.3) is 0 Å². The van der Waals surface area contributed by atoms with Crippen LogP contribution in [0.5, 0.6) is 0 Å². The average molecular weight is 338 g/mol. The molecular weight excluding hydrogens is 323 g/mol. The van der Waals surface area contributed by atoms with Crippen LogP contribution < -0.4 is 0 Å². The SMILES string of the molecule is Ic1ccn(CC2CCCc3ccccc32)n1. The number of fused-ring (bicyclic) bond motifs is 1. The number of aromatic nitrogens is 2. The third-order valence-electron chi connectivity index (χ3n) is 3.51. The number of halogens is 1. The van der Waals surface area contributed by atoms with Gasteiger partial charge in [-0.2, -0.15) is 5.10 Å². The molecule has 2 aromatic rings. The van der Waals surface area contributed by atoms with E-state index in [2.05, 4.69) is 68.9 Å². The van der Waals surface area contributed by atoms with Crippen molar-refractivity contribution in [2.75, 3.05) is 0 Å². The minimum Gasteiger partial charge on any atom is -0.271 e. The van der Waals surface area contributed by atoms with Crippen LogP contribution in [0.1, 0.15) is 29.9 Å². The molecule has 0 amide bonds. The van der Waals surface area contributed by atoms with Crippen LogP contribution in [-0.2, 0) is 13.0 Å². The van der Waals surface area contributed by atoms with E-state index in [4.69, 9.17) is 0 Å². The Hall–Kier alpha value is -0.840. The Balaban J connectivity index is 1.85. The molecule has 0 N–H and O–H groups in total. The van der Waals surface area contributed by atoms with E-state index in [0.717, 1.165) is 10.2 Å². The first-order valence-electron chi connectivity index (χ1n) is 6.10. The molecular formula is C14H15IN2. The van der Waals surface area contributed by atoms with Crippen molar-refractivity contribution in [2.45, 2.75) is 31.7 Å². The number of hydrogen-bond donors (Lipinski definition) is 0. The minimum atomic E-state index is 0.635. The zero-order valence-corrected chi connectivity index (χ0v) is 11.8. The average Bonchev–Trinajstić information content (AvgIpc) is 2.75. The molecule has 1 unspecified atom stereocenters. The predicted molar refractivity (Wildman–Crippen MR) is 77.1 cm³/mol. The van der Waals surface area contributed by atoms with Crippen molar-refractivity contribution in [3.63, 3.8) is 0 Å². The van der Waals surface area contributed by atoms with Gasteiger partial charge in [0.05, 0.1) is 0 Å². The first-order chi connectivity index (χ1) is 8.33. The Morgan fingerprint density at radius 3 is 3.00 bits per heavy atom. The van der Waals surface area contributed by atoms with Crippen LogP contribution in [0.4, 0.5) is 0 Å². The number of nitrogens with zero attached hydrogens (tertiary/aromatic N) is 2. The first-order valence-corrected chi connectivity index (χ1v) is 7.17. The fraction of sp³-hybridized carbons (Fsp3) is 0.357. The largest absolute Gasteiger partial charge is 0.271 e. The van der Waals surface area contributed by atoms with Crippen molar-refractivity contribution in [3.05, 3.63) is 51.4 Å². The molecule has 0 spiro atoms. The Bertz CT molecular complexity index is 518. The van der Waals surface area contributed by atoms with E-state index < -0.39 is 0 Å². The molecule has 0 aliphatic heterocycles. The van der Waals surface area contributed by atoms with E-state index in [1.54, 1.807) is 0 Å². The number of benzene rings is 1. The van der Waals surface area contributed by atoms with E-state index >= 15 is 0 Å². The maximum absolute atomic E-state index is 4.48. The second-order valence-electron chi connectivity index (χ2n) is 4.65. The number of aryl methyl sites for hydroxylation is 1. The number of rotatable bonds is 2. The van der Waals surface area contributed by atoms with Gasteiger partial charge in [0.1, 0.15) is 3.70 Å². The molecule has 1 aromatic heterocycles. The van der Waals surface area contributed by atoms with Crippen molar-refractivity contribution >= 4 is 22.6 Å². The maximum Gasteiger partial charge on any atom is 0.123 e. The summed E-state index contributed by atoms with van der Waals surface area (Å²) in [7, 11) is 0. The monoisotopic (exact) mass is 338 g/mol. The quantitative estimate of drug-likeness (QED) is 0.765. The molecule has 1 heterocycles. The third-order valence-corrected chi connectivity index (χ3v) is 4.08. The van der Waals surface area contributed by atoms with Gasteiger partial charge in [0.2, 0.25) is 0 Å². The maximum atomic E-state index is 4.48. The van der Waals surface area contributed by atoms with Crippen LogP contribution >= 0.6 is 22.6 Å². The highest BCUT2D eigenvalue weighted by molar-refractivity contribution is 14.1. The molecule has 0 bridgehead atoms. The van der Waals surface area contributed by atoms with Gasteiger partial charge in [-0.1, -0.05) is 24.3 Å². The van der Waals surface area contributed by atoms with Gasteiger partial charge in [0.15, 0.2) is 0 Å². The molecule has 17 heavy (non-hydrogen) atoms. The zero-order chi connectivity index (χ0) is 11.7. The van der Waals surface area contributed by atoms with Crippen molar-refractivity contribution in [2.24, 2.45) is 0 Å². The van der Waals surface area contributed by atoms with Gasteiger partial charge in [-0.3, -0.25) is 4.68 Å². The summed E-state index contributed by atoms with van der Waals surface area (Å²) in [5.41, 5.74) is 3.06. The standard InChI is InChI=1S/C14H15IN2/c15-14-8-9-17(16-14)10-12-6-3-5-11-4-1-2-7-13(11)12/h1-2,4,7-9,12H,3,5-6,10H2. The van der Waals surface area contributed by atoms with E-state index in [0.29, 0.717) is 5.92 Å². The summed E-state index contributed by atoms with van der Waals surface area (Å²) in [5.74, 6) is 0.635. The molecule has 0 saturated heterocycles. The van der Waals surface area contributed by atoms with E-state index in [9.17, 15) is 0 Å². The van der Waals surface area contributed by atoms with Crippen molar-refractivity contribution in [1.82, 2.24) is 9.78 Å². The zero-order valence-electron chi connectivity index (χ0n) is 9.64. The highest BCUT2D eigenvalue weighted by Gasteiger charge is 2.20. The molecule has 0 saturated carbocycles. The van der Waals surface area contributed by atoms with E-state index in [1.807, 2.05) is 0 Å². The predicted octanol–water partition coefficient (Wildman–Crippen LogP) is 3.61. The Morgan fingerprint density at radius 1 is 1.29 bits per heavy atom. The summed E-state index contributed by atoms with van der Waals surface area (Å²) >= 11 is 2.26. The summed E-state index contributed by atoms with van der Waals surface area (Å²) in [6, 6.07) is 10.9. The van der Waals surface area contributed by atoms with Crippen LogP contribution in [0.2, 0.25) is 0 Å². The van der Waals surface area contributed by atoms with Gasteiger partial charge >= 0.3 is 0 Å². The molecule has 3 heteroatoms. The first kappa shape index (κ1) is 11.3. The lowest BCUT2D eigenvalue weighted by atomic mass is 9.83. The summed E-state index contributed by atoms with van der Waals surface area (Å²) in [6.45, 7) is 1.01. The molecule has 1 aliphatic carbocycles. The molecule has 1 aliphatic rings. The smallest absolute Gasteiger partial charge is 0.123 e. The van der Waals surface area contributed by atoms with Gasteiger partial charge in [-0.15, -0.1) is 0 Å². The van der Waals surface area contributed by atoms with Crippen LogP contribution in [0, 0.1) is 3.70 Å². The van der Waals surface area contributed by atoms with Crippen molar-refractivity contribution in [1.29, 1.82) is 0 Å². The van der Waals surface area contributed by atoms with Crippen molar-refractivity contribution in [3.8, 4) is 0 Å². The lowest BCUT2D eigenvalue weighted by molar-refractivity contribution is 0.456. The summed E-state index contributed by atoms with van der Waals surface area (Å²) in [6.07, 6.45) is 5.91. The van der Waals surface area contributed by atoms with Crippen LogP contribution in [0.3, 0.4) is 0 Å². The summed E-state index contributed by atoms with van der Waals surface area (Å²) in [5, 5.41) is 4.48. The molecule has 2 nitrogen and oxygen atoms in total. The van der Waals surface area contributed by atoms with Gasteiger partial charge in [-0.25, -0.2) is 0 Å². The third kappa shape index (κ3) is 2.39. The lowest BCUT2D eigenvalue weighted by Gasteiger charge is -2.25. The van der Waals surface area contributed by atoms with Gasteiger partial charge in [0.25, 0.3) is 0 Å². The van der Waals surface area contributed by atoms with Gasteiger partial charge in [0, 0.05) is 18.7 Å². The second-order valence-corrected chi connectivity index (χ2v) is 5.75. The van der Waals surface area contributed by atoms with Crippen LogP contribution in [0.15, 0.2) is 36.5 Å². The minimum absolute atomic E-state index is 0.635. The highest BCUT2D eigenvalue weighted by atomic mass is 127. The summed E-state index contributed by atoms with van der Waals surface area (Å²) < 4.78 is 3.15. The normalized spacial score (nSPS) is 19.0. The Kier molecular flexibility index (Phi) is 3.18. The lowest BCUT2D eigenvalue weighted by Crippen LogP contribution is -2.15. The van der Waals surface area contributed by atoms with Gasteiger partial charge in [-0.05, 0) is 59.0 Å². The summed E-state index contributed by atoms with van der Waals surface area (Å²) in [4.78, 5) is 0. The molecule has 1 aromatic carbocycles. The topological polar surface area (TPSA) is 17.8 Å². The Morgan fingerprint density at radius 2 is 2.18 bits per heavy atom. The van der Waals surface area contributed by atoms with Gasteiger partial charge < -0.3 is 0 Å². The number of hydrogen-bond acceptors (Lipinski definition) is 1.